The van der Waals surface area contributed by atoms with Gasteiger partial charge in [0.1, 0.15) is 18.1 Å². The molecule has 0 unspecified atom stereocenters. The fraction of sp³-hybridized carbons (Fsp3) is 0.308. The Bertz CT molecular complexity index is 398. The number of carbonyl (C=O) groups is 1. The van der Waals surface area contributed by atoms with Gasteiger partial charge in [0.25, 0.3) is 0 Å². The van der Waals surface area contributed by atoms with E-state index >= 15 is 0 Å². The number of rotatable bonds is 6. The second-order valence-electron chi connectivity index (χ2n) is 3.22. The molecule has 0 saturated heterocycles. The van der Waals surface area contributed by atoms with Crippen molar-refractivity contribution in [3.8, 4) is 11.5 Å². The highest BCUT2D eigenvalue weighted by molar-refractivity contribution is 5.90. The molecule has 1 aromatic rings. The number of carbonyl (C=O) groups excluding carboxylic acids is 1. The molecule has 0 spiro atoms. The van der Waals surface area contributed by atoms with E-state index in [9.17, 15) is 4.79 Å². The summed E-state index contributed by atoms with van der Waals surface area (Å²) < 4.78 is 15.4. The van der Waals surface area contributed by atoms with Gasteiger partial charge in [-0.1, -0.05) is 12.7 Å². The van der Waals surface area contributed by atoms with Crippen LogP contribution in [0.1, 0.15) is 17.3 Å². The molecule has 1 rings (SSSR count). The maximum Gasteiger partial charge on any atom is 0.338 e. The summed E-state index contributed by atoms with van der Waals surface area (Å²) in [7, 11) is 1.53. The first-order valence-corrected chi connectivity index (χ1v) is 5.31. The van der Waals surface area contributed by atoms with Gasteiger partial charge >= 0.3 is 5.97 Å². The summed E-state index contributed by atoms with van der Waals surface area (Å²) >= 11 is 0. The maximum absolute atomic E-state index is 11.6. The molecule has 0 radical (unpaired) electrons. The SMILES string of the molecule is C=CCOc1cc(OC)cc(C(=O)OCC)c1. The zero-order valence-corrected chi connectivity index (χ0v) is 10.1. The predicted octanol–water partition coefficient (Wildman–Crippen LogP) is 2.44. The first-order valence-electron chi connectivity index (χ1n) is 5.31. The van der Waals surface area contributed by atoms with Crippen molar-refractivity contribution < 1.29 is 19.0 Å². The Morgan fingerprint density at radius 1 is 1.35 bits per heavy atom. The predicted molar refractivity (Wildman–Crippen MR) is 64.6 cm³/mol. The molecule has 0 aliphatic heterocycles. The lowest BCUT2D eigenvalue weighted by molar-refractivity contribution is 0.0525. The Hall–Kier alpha value is -1.97. The highest BCUT2D eigenvalue weighted by Gasteiger charge is 2.10. The topological polar surface area (TPSA) is 44.8 Å². The van der Waals surface area contributed by atoms with Gasteiger partial charge in [0.15, 0.2) is 0 Å². The molecular weight excluding hydrogens is 220 g/mol. The third-order valence-corrected chi connectivity index (χ3v) is 1.99. The lowest BCUT2D eigenvalue weighted by atomic mass is 10.2. The molecule has 17 heavy (non-hydrogen) atoms. The van der Waals surface area contributed by atoms with Gasteiger partial charge in [-0.05, 0) is 19.1 Å². The molecule has 4 nitrogen and oxygen atoms in total. The van der Waals surface area contributed by atoms with Crippen LogP contribution >= 0.6 is 0 Å². The minimum absolute atomic E-state index is 0.332. The summed E-state index contributed by atoms with van der Waals surface area (Å²) in [6.07, 6.45) is 1.63. The number of hydrogen-bond acceptors (Lipinski definition) is 4. The average Bonchev–Trinajstić information content (AvgIpc) is 2.36. The second-order valence-corrected chi connectivity index (χ2v) is 3.22. The van der Waals surface area contributed by atoms with E-state index in [-0.39, 0.29) is 0 Å². The lowest BCUT2D eigenvalue weighted by Gasteiger charge is -2.09. The summed E-state index contributed by atoms with van der Waals surface area (Å²) in [5.74, 6) is 0.705. The van der Waals surface area contributed by atoms with Crippen molar-refractivity contribution in [2.24, 2.45) is 0 Å². The molecular formula is C13H16O4. The Kier molecular flexibility index (Phi) is 5.07. The van der Waals surface area contributed by atoms with E-state index in [0.717, 1.165) is 0 Å². The summed E-state index contributed by atoms with van der Waals surface area (Å²) in [5.41, 5.74) is 0.408. The Morgan fingerprint density at radius 3 is 2.65 bits per heavy atom. The Morgan fingerprint density at radius 2 is 2.06 bits per heavy atom. The quantitative estimate of drug-likeness (QED) is 0.562. The van der Waals surface area contributed by atoms with Gasteiger partial charge < -0.3 is 14.2 Å². The van der Waals surface area contributed by atoms with Gasteiger partial charge in [-0.15, -0.1) is 0 Å². The molecule has 0 aromatic heterocycles. The van der Waals surface area contributed by atoms with Crippen molar-refractivity contribution in [3.63, 3.8) is 0 Å². The van der Waals surface area contributed by atoms with Crippen LogP contribution in [0.5, 0.6) is 11.5 Å². The van der Waals surface area contributed by atoms with Crippen LogP contribution in [0.2, 0.25) is 0 Å². The zero-order valence-electron chi connectivity index (χ0n) is 10.1. The van der Waals surface area contributed by atoms with E-state index in [0.29, 0.717) is 30.3 Å². The smallest absolute Gasteiger partial charge is 0.338 e. The van der Waals surface area contributed by atoms with Crippen molar-refractivity contribution in [2.45, 2.75) is 6.92 Å². The normalized spacial score (nSPS) is 9.53. The Labute approximate surface area is 101 Å². The van der Waals surface area contributed by atoms with E-state index in [2.05, 4.69) is 6.58 Å². The molecule has 92 valence electrons. The zero-order chi connectivity index (χ0) is 12.7. The molecule has 0 heterocycles. The molecule has 0 atom stereocenters. The minimum Gasteiger partial charge on any atom is -0.497 e. The van der Waals surface area contributed by atoms with E-state index < -0.39 is 5.97 Å². The van der Waals surface area contributed by atoms with E-state index in [4.69, 9.17) is 14.2 Å². The van der Waals surface area contributed by atoms with Crippen LogP contribution in [-0.4, -0.2) is 26.3 Å². The first kappa shape index (κ1) is 13.1. The third kappa shape index (κ3) is 3.83. The van der Waals surface area contributed by atoms with Crippen LogP contribution in [0, 0.1) is 0 Å². The molecule has 0 fully saturated rings. The van der Waals surface area contributed by atoms with Crippen molar-refractivity contribution in [1.29, 1.82) is 0 Å². The van der Waals surface area contributed by atoms with Crippen LogP contribution in [0.4, 0.5) is 0 Å². The monoisotopic (exact) mass is 236 g/mol. The van der Waals surface area contributed by atoms with Gasteiger partial charge in [-0.25, -0.2) is 4.79 Å². The molecule has 0 aliphatic rings. The minimum atomic E-state index is -0.394. The maximum atomic E-state index is 11.6. The van der Waals surface area contributed by atoms with Gasteiger partial charge in [-0.3, -0.25) is 0 Å². The number of ether oxygens (including phenoxy) is 3. The largest absolute Gasteiger partial charge is 0.497 e. The summed E-state index contributed by atoms with van der Waals surface area (Å²) in [6, 6.07) is 4.93. The van der Waals surface area contributed by atoms with Gasteiger partial charge in [0.05, 0.1) is 19.3 Å². The van der Waals surface area contributed by atoms with E-state index in [1.807, 2.05) is 0 Å². The molecule has 0 aliphatic carbocycles. The first-order chi connectivity index (χ1) is 8.21. The van der Waals surface area contributed by atoms with Crippen LogP contribution in [-0.2, 0) is 4.74 Å². The number of esters is 1. The second kappa shape index (κ2) is 6.58. The van der Waals surface area contributed by atoms with Crippen LogP contribution in [0.15, 0.2) is 30.9 Å². The van der Waals surface area contributed by atoms with E-state index in [1.54, 1.807) is 31.2 Å². The van der Waals surface area contributed by atoms with Crippen molar-refractivity contribution in [3.05, 3.63) is 36.4 Å². The summed E-state index contributed by atoms with van der Waals surface area (Å²) in [6.45, 7) is 6.02. The van der Waals surface area contributed by atoms with Crippen molar-refractivity contribution in [1.82, 2.24) is 0 Å². The standard InChI is InChI=1S/C13H16O4/c1-4-6-17-12-8-10(13(14)16-5-2)7-11(9-12)15-3/h4,7-9H,1,5-6H2,2-3H3. The highest BCUT2D eigenvalue weighted by Crippen LogP contribution is 2.23. The third-order valence-electron chi connectivity index (χ3n) is 1.99. The van der Waals surface area contributed by atoms with Gasteiger partial charge in [0.2, 0.25) is 0 Å². The fourth-order valence-corrected chi connectivity index (χ4v) is 1.26. The van der Waals surface area contributed by atoms with Crippen molar-refractivity contribution >= 4 is 5.97 Å². The fourth-order valence-electron chi connectivity index (χ4n) is 1.26. The number of hydrogen-bond donors (Lipinski definition) is 0. The molecule has 1 aromatic carbocycles. The van der Waals surface area contributed by atoms with Crippen LogP contribution in [0.3, 0.4) is 0 Å². The lowest BCUT2D eigenvalue weighted by Crippen LogP contribution is -2.05. The molecule has 4 heteroatoms. The number of methoxy groups -OCH3 is 1. The Balaban J connectivity index is 2.95. The van der Waals surface area contributed by atoms with Crippen molar-refractivity contribution in [2.75, 3.05) is 20.3 Å². The van der Waals surface area contributed by atoms with Crippen LogP contribution < -0.4 is 9.47 Å². The van der Waals surface area contributed by atoms with Gasteiger partial charge in [-0.2, -0.15) is 0 Å². The summed E-state index contributed by atoms with van der Waals surface area (Å²) in [5, 5.41) is 0. The molecule has 0 saturated carbocycles. The molecule has 0 bridgehead atoms. The number of benzene rings is 1. The van der Waals surface area contributed by atoms with Crippen LogP contribution in [0.25, 0.3) is 0 Å². The average molecular weight is 236 g/mol. The molecule has 0 amide bonds. The highest BCUT2D eigenvalue weighted by atomic mass is 16.5. The van der Waals surface area contributed by atoms with E-state index in [1.165, 1.54) is 7.11 Å². The molecule has 0 N–H and O–H groups in total. The van der Waals surface area contributed by atoms with Gasteiger partial charge in [0, 0.05) is 6.07 Å². The summed E-state index contributed by atoms with van der Waals surface area (Å²) in [4.78, 5) is 11.6.